The van der Waals surface area contributed by atoms with Gasteiger partial charge in [-0.05, 0) is 42.8 Å². The molecule has 3 heterocycles. The summed E-state index contributed by atoms with van der Waals surface area (Å²) in [5, 5.41) is 12.9. The largest absolute Gasteiger partial charge is 0.467 e. The van der Waals surface area contributed by atoms with Crippen LogP contribution >= 0.6 is 23.4 Å². The zero-order chi connectivity index (χ0) is 21.6. The van der Waals surface area contributed by atoms with Crippen LogP contribution < -0.4 is 5.32 Å². The molecule has 1 amide bonds. The standard InChI is InChI=1S/C22H20ClN5O2S/c1-15(18-8-2-3-9-19(18)23)25-20(29)14-31-22-27-26-21(16-6-4-10-24-12-16)28(22)13-17-7-5-11-30-17/h2-12,15H,13-14H2,1H3,(H,25,29). The van der Waals surface area contributed by atoms with Gasteiger partial charge in [-0.2, -0.15) is 0 Å². The Bertz CT molecular complexity index is 1150. The Hall–Kier alpha value is -3.10. The number of carbonyl (C=O) groups is 1. The summed E-state index contributed by atoms with van der Waals surface area (Å²) in [4.78, 5) is 16.7. The quantitative estimate of drug-likeness (QED) is 0.392. The Morgan fingerprint density at radius 3 is 2.81 bits per heavy atom. The molecule has 1 N–H and O–H groups in total. The maximum Gasteiger partial charge on any atom is 0.230 e. The predicted octanol–water partition coefficient (Wildman–Crippen LogP) is 4.60. The van der Waals surface area contributed by atoms with Gasteiger partial charge in [0.15, 0.2) is 11.0 Å². The molecule has 7 nitrogen and oxygen atoms in total. The fraction of sp³-hybridized carbons (Fsp3) is 0.182. The Labute approximate surface area is 188 Å². The fourth-order valence-corrected chi connectivity index (χ4v) is 4.17. The van der Waals surface area contributed by atoms with Crippen molar-refractivity contribution in [3.05, 3.63) is 83.5 Å². The van der Waals surface area contributed by atoms with E-state index in [1.54, 1.807) is 18.7 Å². The van der Waals surface area contributed by atoms with E-state index in [0.29, 0.717) is 22.5 Å². The minimum absolute atomic E-state index is 0.118. The molecule has 0 aliphatic carbocycles. The van der Waals surface area contributed by atoms with Gasteiger partial charge in [0.1, 0.15) is 5.76 Å². The van der Waals surface area contributed by atoms with E-state index in [4.69, 9.17) is 16.0 Å². The number of halogens is 1. The number of hydrogen-bond donors (Lipinski definition) is 1. The molecule has 9 heteroatoms. The molecule has 0 aliphatic heterocycles. The van der Waals surface area contributed by atoms with Crippen LogP contribution in [-0.2, 0) is 11.3 Å². The lowest BCUT2D eigenvalue weighted by molar-refractivity contribution is -0.119. The number of nitrogens with zero attached hydrogens (tertiary/aromatic N) is 4. The number of thioether (sulfide) groups is 1. The van der Waals surface area contributed by atoms with Crippen LogP contribution in [0.2, 0.25) is 5.02 Å². The highest BCUT2D eigenvalue weighted by atomic mass is 35.5. The molecule has 4 rings (SSSR count). The molecule has 0 radical (unpaired) electrons. The average molecular weight is 454 g/mol. The summed E-state index contributed by atoms with van der Waals surface area (Å²) < 4.78 is 7.42. The highest BCUT2D eigenvalue weighted by Crippen LogP contribution is 2.26. The molecule has 0 aliphatic rings. The van der Waals surface area contributed by atoms with Crippen molar-refractivity contribution in [2.45, 2.75) is 24.7 Å². The average Bonchev–Trinajstić information content (AvgIpc) is 3.43. The fourth-order valence-electron chi connectivity index (χ4n) is 3.12. The van der Waals surface area contributed by atoms with Crippen LogP contribution in [0, 0.1) is 0 Å². The molecule has 0 spiro atoms. The van der Waals surface area contributed by atoms with Gasteiger partial charge >= 0.3 is 0 Å². The number of furan rings is 1. The zero-order valence-electron chi connectivity index (χ0n) is 16.7. The van der Waals surface area contributed by atoms with E-state index in [1.165, 1.54) is 11.8 Å². The number of pyridine rings is 1. The van der Waals surface area contributed by atoms with Crippen molar-refractivity contribution in [3.63, 3.8) is 0 Å². The summed E-state index contributed by atoms with van der Waals surface area (Å²) in [6.07, 6.45) is 5.06. The first-order chi connectivity index (χ1) is 15.1. The molecule has 1 unspecified atom stereocenters. The third-order valence-corrected chi connectivity index (χ3v) is 5.92. The summed E-state index contributed by atoms with van der Waals surface area (Å²) in [6, 6.07) is 14.8. The van der Waals surface area contributed by atoms with Gasteiger partial charge in [-0.15, -0.1) is 10.2 Å². The second-order valence-electron chi connectivity index (χ2n) is 6.81. The second kappa shape index (κ2) is 9.80. The highest BCUT2D eigenvalue weighted by molar-refractivity contribution is 7.99. The Morgan fingerprint density at radius 1 is 1.19 bits per heavy atom. The maximum absolute atomic E-state index is 12.6. The van der Waals surface area contributed by atoms with E-state index < -0.39 is 0 Å². The minimum Gasteiger partial charge on any atom is -0.467 e. The van der Waals surface area contributed by atoms with Gasteiger partial charge in [-0.3, -0.25) is 14.3 Å². The smallest absolute Gasteiger partial charge is 0.230 e. The molecular weight excluding hydrogens is 434 g/mol. The van der Waals surface area contributed by atoms with Gasteiger partial charge < -0.3 is 9.73 Å². The van der Waals surface area contributed by atoms with Crippen LogP contribution in [0.4, 0.5) is 0 Å². The molecule has 0 saturated carbocycles. The molecule has 0 fully saturated rings. The molecule has 3 aromatic heterocycles. The van der Waals surface area contributed by atoms with E-state index in [-0.39, 0.29) is 17.7 Å². The lowest BCUT2D eigenvalue weighted by atomic mass is 10.1. The number of aromatic nitrogens is 4. The topological polar surface area (TPSA) is 85.8 Å². The third kappa shape index (κ3) is 5.15. The van der Waals surface area contributed by atoms with E-state index in [9.17, 15) is 4.79 Å². The van der Waals surface area contributed by atoms with Gasteiger partial charge in [0.05, 0.1) is 24.6 Å². The molecule has 4 aromatic rings. The van der Waals surface area contributed by atoms with Crippen molar-refractivity contribution in [2.24, 2.45) is 0 Å². The Kier molecular flexibility index (Phi) is 6.69. The van der Waals surface area contributed by atoms with E-state index in [2.05, 4.69) is 20.5 Å². The van der Waals surface area contributed by atoms with Crippen LogP contribution in [0.1, 0.15) is 24.3 Å². The van der Waals surface area contributed by atoms with Crippen LogP contribution in [0.25, 0.3) is 11.4 Å². The van der Waals surface area contributed by atoms with Gasteiger partial charge in [0.25, 0.3) is 0 Å². The van der Waals surface area contributed by atoms with Crippen LogP contribution in [0.15, 0.2) is 76.8 Å². The Balaban J connectivity index is 1.48. The lowest BCUT2D eigenvalue weighted by Gasteiger charge is -2.15. The zero-order valence-corrected chi connectivity index (χ0v) is 18.3. The predicted molar refractivity (Wildman–Crippen MR) is 120 cm³/mol. The minimum atomic E-state index is -0.200. The molecule has 0 saturated heterocycles. The molecular formula is C22H20ClN5O2S. The molecule has 1 atom stereocenters. The highest BCUT2D eigenvalue weighted by Gasteiger charge is 2.18. The van der Waals surface area contributed by atoms with Gasteiger partial charge in [-0.1, -0.05) is 41.6 Å². The Morgan fingerprint density at radius 2 is 2.06 bits per heavy atom. The summed E-state index contributed by atoms with van der Waals surface area (Å²) >= 11 is 7.55. The number of carbonyl (C=O) groups excluding carboxylic acids is 1. The van der Waals surface area contributed by atoms with Crippen molar-refractivity contribution in [1.82, 2.24) is 25.1 Å². The van der Waals surface area contributed by atoms with Crippen LogP contribution in [0.3, 0.4) is 0 Å². The second-order valence-corrected chi connectivity index (χ2v) is 8.16. The summed E-state index contributed by atoms with van der Waals surface area (Å²) in [5.41, 5.74) is 1.72. The van der Waals surface area contributed by atoms with E-state index >= 15 is 0 Å². The van der Waals surface area contributed by atoms with E-state index in [0.717, 1.165) is 16.9 Å². The number of nitrogens with one attached hydrogen (secondary N) is 1. The summed E-state index contributed by atoms with van der Waals surface area (Å²) in [7, 11) is 0. The van der Waals surface area contributed by atoms with Crippen molar-refractivity contribution < 1.29 is 9.21 Å². The van der Waals surface area contributed by atoms with Gasteiger partial charge in [-0.25, -0.2) is 0 Å². The SMILES string of the molecule is CC(NC(=O)CSc1nnc(-c2cccnc2)n1Cc1ccco1)c1ccccc1Cl. The number of hydrogen-bond acceptors (Lipinski definition) is 6. The maximum atomic E-state index is 12.6. The van der Waals surface area contributed by atoms with Gasteiger partial charge in [0, 0.05) is 23.0 Å². The van der Waals surface area contributed by atoms with Crippen molar-refractivity contribution in [3.8, 4) is 11.4 Å². The summed E-state index contributed by atoms with van der Waals surface area (Å²) in [5.74, 6) is 1.51. The summed E-state index contributed by atoms with van der Waals surface area (Å²) in [6.45, 7) is 2.36. The first-order valence-corrected chi connectivity index (χ1v) is 11.0. The molecule has 158 valence electrons. The van der Waals surface area contributed by atoms with Gasteiger partial charge in [0.2, 0.25) is 5.91 Å². The normalized spacial score (nSPS) is 11.9. The number of amides is 1. The number of rotatable bonds is 8. The van der Waals surface area contributed by atoms with E-state index in [1.807, 2.05) is 60.0 Å². The molecule has 31 heavy (non-hydrogen) atoms. The molecule has 1 aromatic carbocycles. The first-order valence-electron chi connectivity index (χ1n) is 9.64. The third-order valence-electron chi connectivity index (χ3n) is 4.61. The number of benzene rings is 1. The van der Waals surface area contributed by atoms with Crippen molar-refractivity contribution in [1.29, 1.82) is 0 Å². The lowest BCUT2D eigenvalue weighted by Crippen LogP contribution is -2.28. The van der Waals surface area contributed by atoms with Crippen LogP contribution in [0.5, 0.6) is 0 Å². The van der Waals surface area contributed by atoms with Crippen molar-refractivity contribution in [2.75, 3.05) is 5.75 Å². The van der Waals surface area contributed by atoms with Crippen molar-refractivity contribution >= 4 is 29.3 Å². The molecule has 0 bridgehead atoms. The van der Waals surface area contributed by atoms with Crippen LogP contribution in [-0.4, -0.2) is 31.4 Å². The monoisotopic (exact) mass is 453 g/mol. The first kappa shape index (κ1) is 21.1.